The van der Waals surface area contributed by atoms with E-state index in [1.165, 1.54) is 4.57 Å². The van der Waals surface area contributed by atoms with Crippen LogP contribution in [0.5, 0.6) is 5.88 Å². The normalized spacial score (nSPS) is 11.5. The van der Waals surface area contributed by atoms with Crippen molar-refractivity contribution < 1.29 is 9.84 Å². The van der Waals surface area contributed by atoms with Gasteiger partial charge in [-0.25, -0.2) is 4.79 Å². The molecule has 0 saturated carbocycles. The molecule has 0 spiro atoms. The van der Waals surface area contributed by atoms with Crippen molar-refractivity contribution in [3.05, 3.63) is 86.9 Å². The molecule has 0 bridgehead atoms. The Balaban J connectivity index is 1.72. The van der Waals surface area contributed by atoms with Crippen LogP contribution in [0.25, 0.3) is 5.69 Å². The van der Waals surface area contributed by atoms with Crippen LogP contribution in [0.3, 0.4) is 0 Å². The third-order valence-electron chi connectivity index (χ3n) is 4.69. The Morgan fingerprint density at radius 3 is 2.48 bits per heavy atom. The van der Waals surface area contributed by atoms with Crippen molar-refractivity contribution in [2.45, 2.75) is 45.8 Å². The molecular weight excluding hydrogens is 388 g/mol. The van der Waals surface area contributed by atoms with E-state index in [1.54, 1.807) is 38.2 Å². The smallest absolute Gasteiger partial charge is 0.355 e. The Morgan fingerprint density at radius 2 is 1.86 bits per heavy atom. The number of halogens is 1. The fraction of sp³-hybridized carbons (Fsp3) is 0.304. The Hall–Kier alpha value is -2.63. The average molecular weight is 413 g/mol. The van der Waals surface area contributed by atoms with Gasteiger partial charge in [0.1, 0.15) is 6.61 Å². The lowest BCUT2D eigenvalue weighted by molar-refractivity contribution is 0.0713. The second kappa shape index (κ2) is 8.80. The number of aryl methyl sites for hydroxylation is 2. The van der Waals surface area contributed by atoms with Gasteiger partial charge in [0.15, 0.2) is 0 Å². The molecule has 0 aliphatic heterocycles. The highest BCUT2D eigenvalue weighted by molar-refractivity contribution is 6.30. The summed E-state index contributed by atoms with van der Waals surface area (Å²) in [4.78, 5) is 16.5. The Kier molecular flexibility index (Phi) is 6.40. The molecular formula is C23H25ClN2O3. The molecule has 0 radical (unpaired) electrons. The molecule has 152 valence electrons. The summed E-state index contributed by atoms with van der Waals surface area (Å²) in [6, 6.07) is 14.8. The van der Waals surface area contributed by atoms with Gasteiger partial charge in [0.25, 0.3) is 0 Å². The van der Waals surface area contributed by atoms with Crippen LogP contribution in [-0.4, -0.2) is 20.3 Å². The largest absolute Gasteiger partial charge is 0.473 e. The fourth-order valence-electron chi connectivity index (χ4n) is 2.95. The molecule has 29 heavy (non-hydrogen) atoms. The molecule has 1 heterocycles. The maximum atomic E-state index is 12.5. The Morgan fingerprint density at radius 1 is 1.14 bits per heavy atom. The summed E-state index contributed by atoms with van der Waals surface area (Å²) in [5.41, 5.74) is 2.81. The average Bonchev–Trinajstić information content (AvgIpc) is 2.66. The van der Waals surface area contributed by atoms with E-state index in [1.807, 2.05) is 37.3 Å². The monoisotopic (exact) mass is 412 g/mol. The van der Waals surface area contributed by atoms with E-state index in [-0.39, 0.29) is 5.88 Å². The van der Waals surface area contributed by atoms with Crippen molar-refractivity contribution in [1.82, 2.24) is 9.55 Å². The number of nitrogens with zero attached hydrogens (tertiary/aromatic N) is 2. The van der Waals surface area contributed by atoms with Gasteiger partial charge in [-0.3, -0.25) is 4.57 Å². The molecule has 0 unspecified atom stereocenters. The molecule has 5 nitrogen and oxygen atoms in total. The molecule has 1 aromatic heterocycles. The molecule has 0 saturated heterocycles. The zero-order chi connectivity index (χ0) is 21.0. The van der Waals surface area contributed by atoms with Gasteiger partial charge in [-0.2, -0.15) is 4.98 Å². The first-order chi connectivity index (χ1) is 13.7. The van der Waals surface area contributed by atoms with Crippen LogP contribution in [0.2, 0.25) is 5.02 Å². The number of ether oxygens (including phenoxy) is 1. The summed E-state index contributed by atoms with van der Waals surface area (Å²) in [6.07, 6.45) is 3.12. The van der Waals surface area contributed by atoms with Gasteiger partial charge in [0.2, 0.25) is 5.88 Å². The van der Waals surface area contributed by atoms with Gasteiger partial charge in [-0.15, -0.1) is 0 Å². The molecule has 3 rings (SSSR count). The van der Waals surface area contributed by atoms with Crippen molar-refractivity contribution in [2.24, 2.45) is 0 Å². The van der Waals surface area contributed by atoms with E-state index in [0.29, 0.717) is 18.1 Å². The number of aliphatic hydroxyl groups is 1. The summed E-state index contributed by atoms with van der Waals surface area (Å²) in [5.74, 6) is 0.278. The second-order valence-corrected chi connectivity index (χ2v) is 8.19. The topological polar surface area (TPSA) is 64.4 Å². The molecule has 0 amide bonds. The highest BCUT2D eigenvalue weighted by Gasteiger charge is 2.13. The summed E-state index contributed by atoms with van der Waals surface area (Å²) in [6.45, 7) is 5.92. The van der Waals surface area contributed by atoms with Crippen LogP contribution in [-0.2, 0) is 13.0 Å². The maximum Gasteiger partial charge on any atom is 0.355 e. The van der Waals surface area contributed by atoms with Crippen molar-refractivity contribution in [1.29, 1.82) is 0 Å². The molecule has 6 heteroatoms. The van der Waals surface area contributed by atoms with Crippen molar-refractivity contribution in [2.75, 3.05) is 0 Å². The van der Waals surface area contributed by atoms with E-state index in [0.717, 1.165) is 28.8 Å². The zero-order valence-corrected chi connectivity index (χ0v) is 17.6. The summed E-state index contributed by atoms with van der Waals surface area (Å²) in [7, 11) is 0. The number of rotatable bonds is 7. The predicted molar refractivity (Wildman–Crippen MR) is 115 cm³/mol. The van der Waals surface area contributed by atoms with E-state index >= 15 is 0 Å². The van der Waals surface area contributed by atoms with E-state index in [2.05, 4.69) is 4.98 Å². The number of aromatic nitrogens is 2. The minimum Gasteiger partial charge on any atom is -0.473 e. The van der Waals surface area contributed by atoms with Gasteiger partial charge >= 0.3 is 5.69 Å². The third-order valence-corrected chi connectivity index (χ3v) is 4.94. The van der Waals surface area contributed by atoms with Crippen LogP contribution >= 0.6 is 11.6 Å². The lowest BCUT2D eigenvalue weighted by atomic mass is 9.96. The molecule has 2 aromatic carbocycles. The van der Waals surface area contributed by atoms with Gasteiger partial charge < -0.3 is 9.84 Å². The molecule has 0 fully saturated rings. The third kappa shape index (κ3) is 5.92. The first-order valence-corrected chi connectivity index (χ1v) is 9.88. The zero-order valence-electron chi connectivity index (χ0n) is 16.9. The van der Waals surface area contributed by atoms with E-state index < -0.39 is 11.3 Å². The highest BCUT2D eigenvalue weighted by atomic mass is 35.5. The Labute approximate surface area is 175 Å². The van der Waals surface area contributed by atoms with Crippen LogP contribution in [0, 0.1) is 6.92 Å². The lowest BCUT2D eigenvalue weighted by Gasteiger charge is -2.18. The molecule has 1 N–H and O–H groups in total. The van der Waals surface area contributed by atoms with Gasteiger partial charge in [0, 0.05) is 17.3 Å². The van der Waals surface area contributed by atoms with Crippen LogP contribution in [0.1, 0.15) is 37.0 Å². The van der Waals surface area contributed by atoms with E-state index in [9.17, 15) is 9.90 Å². The molecule has 3 aromatic rings. The van der Waals surface area contributed by atoms with Crippen molar-refractivity contribution >= 4 is 11.6 Å². The fourth-order valence-corrected chi connectivity index (χ4v) is 3.08. The maximum absolute atomic E-state index is 12.5. The number of hydrogen-bond acceptors (Lipinski definition) is 4. The van der Waals surface area contributed by atoms with Crippen LogP contribution in [0.4, 0.5) is 0 Å². The first-order valence-electron chi connectivity index (χ1n) is 9.50. The van der Waals surface area contributed by atoms with Gasteiger partial charge in [-0.1, -0.05) is 29.8 Å². The summed E-state index contributed by atoms with van der Waals surface area (Å²) >= 11 is 5.88. The van der Waals surface area contributed by atoms with Crippen LogP contribution < -0.4 is 10.4 Å². The standard InChI is InChI=1S/C23H25ClN2O3/c1-16-14-20(9-6-18(16)10-12-23(2,3)28)26-13-11-21(25-22(26)27)29-15-17-4-7-19(24)8-5-17/h4-9,11,13-14,28H,10,12,15H2,1-3H3. The quantitative estimate of drug-likeness (QED) is 0.621. The van der Waals surface area contributed by atoms with Gasteiger partial charge in [-0.05, 0) is 74.6 Å². The summed E-state index contributed by atoms with van der Waals surface area (Å²) < 4.78 is 7.11. The number of hydrogen-bond donors (Lipinski definition) is 1. The van der Waals surface area contributed by atoms with Crippen molar-refractivity contribution in [3.63, 3.8) is 0 Å². The minimum atomic E-state index is -0.701. The Bertz CT molecular complexity index is 1040. The second-order valence-electron chi connectivity index (χ2n) is 7.76. The van der Waals surface area contributed by atoms with Gasteiger partial charge in [0.05, 0.1) is 11.3 Å². The molecule has 0 aliphatic carbocycles. The van der Waals surface area contributed by atoms with E-state index in [4.69, 9.17) is 16.3 Å². The highest BCUT2D eigenvalue weighted by Crippen LogP contribution is 2.19. The SMILES string of the molecule is Cc1cc(-n2ccc(OCc3ccc(Cl)cc3)nc2=O)ccc1CCC(C)(C)O. The lowest BCUT2D eigenvalue weighted by Crippen LogP contribution is -2.21. The summed E-state index contributed by atoms with van der Waals surface area (Å²) in [5, 5.41) is 10.6. The van der Waals surface area contributed by atoms with Crippen molar-refractivity contribution in [3.8, 4) is 11.6 Å². The predicted octanol–water partition coefficient (Wildman–Crippen LogP) is 4.48. The van der Waals surface area contributed by atoms with Crippen LogP contribution in [0.15, 0.2) is 59.5 Å². The first kappa shape index (κ1) is 21.1. The number of benzene rings is 2. The molecule has 0 aliphatic rings. The molecule has 0 atom stereocenters. The minimum absolute atomic E-state index is 0.278.